The van der Waals surface area contributed by atoms with Gasteiger partial charge in [0.25, 0.3) is 0 Å². The Hall–Kier alpha value is -3.65. The molecule has 172 valence electrons. The van der Waals surface area contributed by atoms with Gasteiger partial charge in [-0.25, -0.2) is 9.97 Å². The number of likely N-dealkylation sites (tertiary alicyclic amines) is 1. The quantitative estimate of drug-likeness (QED) is 0.481. The molecule has 0 spiro atoms. The summed E-state index contributed by atoms with van der Waals surface area (Å²) < 4.78 is 0. The third-order valence-corrected chi connectivity index (χ3v) is 6.26. The maximum atomic E-state index is 13.3. The molecule has 1 saturated heterocycles. The predicted octanol–water partition coefficient (Wildman–Crippen LogP) is 2.86. The van der Waals surface area contributed by atoms with Crippen LogP contribution in [0.3, 0.4) is 0 Å². The molecule has 1 aromatic heterocycles. The maximum Gasteiger partial charge on any atom is 0.250 e. The number of anilines is 3. The first-order chi connectivity index (χ1) is 16.0. The summed E-state index contributed by atoms with van der Waals surface area (Å²) in [6, 6.07) is 19.8. The van der Waals surface area contributed by atoms with Crippen molar-refractivity contribution in [3.8, 4) is 0 Å². The van der Waals surface area contributed by atoms with E-state index in [9.17, 15) is 4.79 Å². The number of nitrogen functional groups attached to an aromatic ring is 1. The molecule has 2 aromatic carbocycles. The smallest absolute Gasteiger partial charge is 0.250 e. The highest BCUT2D eigenvalue weighted by atomic mass is 16.2. The van der Waals surface area contributed by atoms with Crippen LogP contribution in [0, 0.1) is 0 Å². The molecule has 1 aliphatic heterocycles. The van der Waals surface area contributed by atoms with Crippen LogP contribution in [0.15, 0.2) is 67.0 Å². The number of carbonyl (C=O) groups is 1. The van der Waals surface area contributed by atoms with Crippen LogP contribution in [0.5, 0.6) is 0 Å². The van der Waals surface area contributed by atoms with E-state index >= 15 is 0 Å². The van der Waals surface area contributed by atoms with Gasteiger partial charge in [0.1, 0.15) is 12.0 Å². The number of hydrogen-bond acceptors (Lipinski definition) is 7. The second-order valence-corrected chi connectivity index (χ2v) is 8.47. The number of nitrogens with two attached hydrogens (primary N) is 1. The SMILES string of the molecule is CN1CCC(N(C)c2ncnc(NNC(=O)C(c3ccccc3)c3ccccc3)c2N)CC1. The number of nitrogens with zero attached hydrogens (tertiary/aromatic N) is 4. The van der Waals surface area contributed by atoms with Gasteiger partial charge in [0.2, 0.25) is 5.91 Å². The fourth-order valence-corrected chi connectivity index (χ4v) is 4.30. The lowest BCUT2D eigenvalue weighted by atomic mass is 9.91. The molecule has 0 atom stereocenters. The Kier molecular flexibility index (Phi) is 7.04. The van der Waals surface area contributed by atoms with Gasteiger partial charge in [-0.15, -0.1) is 0 Å². The highest BCUT2D eigenvalue weighted by Crippen LogP contribution is 2.29. The van der Waals surface area contributed by atoms with Crippen LogP contribution in [0.4, 0.5) is 17.3 Å². The van der Waals surface area contributed by atoms with Crippen LogP contribution in [0.1, 0.15) is 29.9 Å². The van der Waals surface area contributed by atoms with Crippen molar-refractivity contribution in [1.82, 2.24) is 20.3 Å². The van der Waals surface area contributed by atoms with E-state index in [1.54, 1.807) is 0 Å². The van der Waals surface area contributed by atoms with E-state index in [0.717, 1.165) is 37.1 Å². The van der Waals surface area contributed by atoms with Crippen molar-refractivity contribution in [1.29, 1.82) is 0 Å². The average molecular weight is 446 g/mol. The van der Waals surface area contributed by atoms with Crippen LogP contribution in [-0.2, 0) is 4.79 Å². The highest BCUT2D eigenvalue weighted by molar-refractivity contribution is 5.88. The number of hydrogen-bond donors (Lipinski definition) is 3. The summed E-state index contributed by atoms with van der Waals surface area (Å²) in [6.07, 6.45) is 3.56. The minimum absolute atomic E-state index is 0.198. The van der Waals surface area contributed by atoms with E-state index in [1.165, 1.54) is 6.33 Å². The van der Waals surface area contributed by atoms with Crippen LogP contribution in [0.25, 0.3) is 0 Å². The number of piperidine rings is 1. The van der Waals surface area contributed by atoms with E-state index in [0.29, 0.717) is 23.4 Å². The number of aromatic nitrogens is 2. The lowest BCUT2D eigenvalue weighted by Crippen LogP contribution is -2.42. The van der Waals surface area contributed by atoms with E-state index in [4.69, 9.17) is 5.73 Å². The third-order valence-electron chi connectivity index (χ3n) is 6.26. The molecular formula is C25H31N7O. The summed E-state index contributed by atoms with van der Waals surface area (Å²) in [5, 5.41) is 0. The molecule has 1 fully saturated rings. The van der Waals surface area contributed by atoms with Gasteiger partial charge in [-0.3, -0.25) is 15.6 Å². The fourth-order valence-electron chi connectivity index (χ4n) is 4.30. The molecule has 33 heavy (non-hydrogen) atoms. The largest absolute Gasteiger partial charge is 0.393 e. The monoisotopic (exact) mass is 445 g/mol. The number of carbonyl (C=O) groups excluding carboxylic acids is 1. The van der Waals surface area contributed by atoms with Gasteiger partial charge < -0.3 is 15.5 Å². The lowest BCUT2D eigenvalue weighted by Gasteiger charge is -2.36. The summed E-state index contributed by atoms with van der Waals surface area (Å²) in [5.41, 5.74) is 14.4. The number of rotatable bonds is 7. The van der Waals surface area contributed by atoms with Crippen LogP contribution in [0.2, 0.25) is 0 Å². The molecule has 0 unspecified atom stereocenters. The first-order valence-corrected chi connectivity index (χ1v) is 11.2. The van der Waals surface area contributed by atoms with Crippen molar-refractivity contribution in [2.45, 2.75) is 24.8 Å². The summed E-state index contributed by atoms with van der Waals surface area (Å²) in [5.74, 6) is 0.381. The van der Waals surface area contributed by atoms with Crippen molar-refractivity contribution in [3.05, 3.63) is 78.1 Å². The van der Waals surface area contributed by atoms with Crippen LogP contribution < -0.4 is 21.5 Å². The van der Waals surface area contributed by atoms with Crippen molar-refractivity contribution in [3.63, 3.8) is 0 Å². The van der Waals surface area contributed by atoms with Crippen LogP contribution >= 0.6 is 0 Å². The van der Waals surface area contributed by atoms with Gasteiger partial charge in [0.15, 0.2) is 11.6 Å². The third kappa shape index (κ3) is 5.23. The Balaban J connectivity index is 1.50. The Morgan fingerprint density at radius 3 is 2.18 bits per heavy atom. The van der Waals surface area contributed by atoms with E-state index in [2.05, 4.69) is 37.7 Å². The Morgan fingerprint density at radius 2 is 1.61 bits per heavy atom. The predicted molar refractivity (Wildman–Crippen MR) is 132 cm³/mol. The summed E-state index contributed by atoms with van der Waals surface area (Å²) >= 11 is 0. The molecule has 1 amide bonds. The second kappa shape index (κ2) is 10.3. The Morgan fingerprint density at radius 1 is 1.03 bits per heavy atom. The van der Waals surface area contributed by atoms with E-state index < -0.39 is 5.92 Å². The topological polar surface area (TPSA) is 99.4 Å². The standard InChI is InChI=1S/C25H31N7O/c1-31-15-13-20(14-16-31)32(2)24-22(26)23(27-17-28-24)29-30-25(33)21(18-9-5-3-6-10-18)19-11-7-4-8-12-19/h3-12,17,20-21H,13-16,26H2,1-2H3,(H,30,33)(H,27,28,29). The van der Waals surface area contributed by atoms with E-state index in [1.807, 2.05) is 67.7 Å². The van der Waals surface area contributed by atoms with Gasteiger partial charge in [-0.05, 0) is 44.1 Å². The summed E-state index contributed by atoms with van der Waals surface area (Å²) in [4.78, 5) is 26.4. The molecule has 0 saturated carbocycles. The lowest BCUT2D eigenvalue weighted by molar-refractivity contribution is -0.121. The zero-order valence-corrected chi connectivity index (χ0v) is 19.1. The average Bonchev–Trinajstić information content (AvgIpc) is 2.85. The minimum Gasteiger partial charge on any atom is -0.393 e. The van der Waals surface area contributed by atoms with Crippen LogP contribution in [-0.4, -0.2) is 54.0 Å². The molecule has 3 aromatic rings. The fraction of sp³-hybridized carbons (Fsp3) is 0.320. The number of amides is 1. The molecular weight excluding hydrogens is 414 g/mol. The molecule has 0 aliphatic carbocycles. The first-order valence-electron chi connectivity index (χ1n) is 11.2. The molecule has 0 radical (unpaired) electrons. The van der Waals surface area contributed by atoms with Gasteiger partial charge in [0.05, 0.1) is 5.92 Å². The molecule has 8 nitrogen and oxygen atoms in total. The maximum absolute atomic E-state index is 13.3. The molecule has 4 rings (SSSR count). The molecule has 0 bridgehead atoms. The van der Waals surface area contributed by atoms with Crippen molar-refractivity contribution in [2.24, 2.45) is 0 Å². The zero-order chi connectivity index (χ0) is 23.2. The van der Waals surface area contributed by atoms with Gasteiger partial charge >= 0.3 is 0 Å². The van der Waals surface area contributed by atoms with Crippen molar-refractivity contribution >= 4 is 23.2 Å². The van der Waals surface area contributed by atoms with Crippen molar-refractivity contribution in [2.75, 3.05) is 43.2 Å². The Labute approximate surface area is 194 Å². The molecule has 2 heterocycles. The molecule has 1 aliphatic rings. The zero-order valence-electron chi connectivity index (χ0n) is 19.1. The number of benzene rings is 2. The van der Waals surface area contributed by atoms with Gasteiger partial charge in [-0.2, -0.15) is 0 Å². The summed E-state index contributed by atoms with van der Waals surface area (Å²) in [6.45, 7) is 2.09. The van der Waals surface area contributed by atoms with Crippen molar-refractivity contribution < 1.29 is 4.79 Å². The minimum atomic E-state index is -0.468. The molecule has 8 heteroatoms. The number of nitrogens with one attached hydrogen (secondary N) is 2. The molecule has 4 N–H and O–H groups in total. The van der Waals surface area contributed by atoms with E-state index in [-0.39, 0.29) is 5.91 Å². The number of hydrazine groups is 1. The summed E-state index contributed by atoms with van der Waals surface area (Å²) in [7, 11) is 4.15. The normalized spacial score (nSPS) is 14.8. The second-order valence-electron chi connectivity index (χ2n) is 8.47. The Bertz CT molecular complexity index is 1010. The van der Waals surface area contributed by atoms with Gasteiger partial charge in [-0.1, -0.05) is 60.7 Å². The first kappa shape index (κ1) is 22.5. The van der Waals surface area contributed by atoms with Gasteiger partial charge in [0, 0.05) is 13.1 Å². The highest BCUT2D eigenvalue weighted by Gasteiger charge is 2.25.